The van der Waals surface area contributed by atoms with Crippen LogP contribution < -0.4 is 5.73 Å². The van der Waals surface area contributed by atoms with Gasteiger partial charge in [-0.25, -0.2) is 0 Å². The molecule has 0 amide bonds. The molecular formula is C12H22ClN5O. The van der Waals surface area contributed by atoms with Crippen molar-refractivity contribution in [2.45, 2.75) is 46.3 Å². The topological polar surface area (TPSA) is 79.7 Å². The molecule has 0 fully saturated rings. The minimum atomic E-state index is 0.146. The third-order valence-electron chi connectivity index (χ3n) is 3.24. The van der Waals surface area contributed by atoms with Crippen LogP contribution in [0.25, 0.3) is 0 Å². The normalized spacial score (nSPS) is 14.1. The van der Waals surface area contributed by atoms with Crippen molar-refractivity contribution in [1.29, 1.82) is 0 Å². The molecule has 3 N–H and O–H groups in total. The van der Waals surface area contributed by atoms with E-state index >= 15 is 0 Å². The number of oxime groups is 1. The van der Waals surface area contributed by atoms with Crippen molar-refractivity contribution >= 4 is 17.4 Å². The lowest BCUT2D eigenvalue weighted by atomic mass is 10.2. The van der Waals surface area contributed by atoms with Gasteiger partial charge in [-0.05, 0) is 27.8 Å². The molecular weight excluding hydrogens is 266 g/mol. The Kier molecular flexibility index (Phi) is 5.62. The highest BCUT2D eigenvalue weighted by molar-refractivity contribution is 6.31. The van der Waals surface area contributed by atoms with Gasteiger partial charge >= 0.3 is 0 Å². The van der Waals surface area contributed by atoms with Crippen molar-refractivity contribution in [3.63, 3.8) is 0 Å². The molecule has 0 aliphatic heterocycles. The maximum Gasteiger partial charge on any atom is 0.140 e. The monoisotopic (exact) mass is 287 g/mol. The molecule has 1 unspecified atom stereocenters. The van der Waals surface area contributed by atoms with Crippen LogP contribution in [-0.4, -0.2) is 38.8 Å². The lowest BCUT2D eigenvalue weighted by Gasteiger charge is -2.24. The number of rotatable bonds is 6. The average molecular weight is 288 g/mol. The van der Waals surface area contributed by atoms with Gasteiger partial charge in [-0.1, -0.05) is 16.8 Å². The van der Waals surface area contributed by atoms with Gasteiger partial charge in [0.15, 0.2) is 0 Å². The number of amidine groups is 1. The van der Waals surface area contributed by atoms with Gasteiger partial charge in [0.25, 0.3) is 0 Å². The summed E-state index contributed by atoms with van der Waals surface area (Å²) >= 11 is 6.28. The summed E-state index contributed by atoms with van der Waals surface area (Å²) in [7, 11) is 1.98. The van der Waals surface area contributed by atoms with Gasteiger partial charge in [-0.2, -0.15) is 5.10 Å². The Balaban J connectivity index is 2.79. The SMILES string of the molecule is CCn1nc(C)c(Cl)c1CN(C)C(C)CC(N)=NO. The summed E-state index contributed by atoms with van der Waals surface area (Å²) < 4.78 is 1.91. The van der Waals surface area contributed by atoms with Crippen molar-refractivity contribution in [2.24, 2.45) is 10.9 Å². The van der Waals surface area contributed by atoms with Gasteiger partial charge in [-0.3, -0.25) is 9.58 Å². The maximum atomic E-state index is 8.59. The summed E-state index contributed by atoms with van der Waals surface area (Å²) in [6, 6.07) is 0.146. The number of nitrogens with zero attached hydrogens (tertiary/aromatic N) is 4. The van der Waals surface area contributed by atoms with Crippen molar-refractivity contribution in [3.05, 3.63) is 16.4 Å². The first-order chi connectivity index (χ1) is 8.90. The molecule has 7 heteroatoms. The fourth-order valence-electron chi connectivity index (χ4n) is 1.91. The van der Waals surface area contributed by atoms with Crippen molar-refractivity contribution in [1.82, 2.24) is 14.7 Å². The third-order valence-corrected chi connectivity index (χ3v) is 3.73. The number of hydrogen-bond donors (Lipinski definition) is 2. The second-order valence-corrected chi connectivity index (χ2v) is 5.10. The van der Waals surface area contributed by atoms with Gasteiger partial charge < -0.3 is 10.9 Å². The fraction of sp³-hybridized carbons (Fsp3) is 0.667. The van der Waals surface area contributed by atoms with Crippen molar-refractivity contribution < 1.29 is 5.21 Å². The Labute approximate surface area is 118 Å². The molecule has 0 aliphatic rings. The van der Waals surface area contributed by atoms with Crippen molar-refractivity contribution in [3.8, 4) is 0 Å². The molecule has 0 spiro atoms. The van der Waals surface area contributed by atoms with Gasteiger partial charge in [0, 0.05) is 25.6 Å². The summed E-state index contributed by atoms with van der Waals surface area (Å²) in [5, 5.41) is 16.7. The van der Waals surface area contributed by atoms with E-state index in [0.29, 0.717) is 18.0 Å². The molecule has 1 rings (SSSR count). The van der Waals surface area contributed by atoms with Crippen LogP contribution in [0.4, 0.5) is 0 Å². The lowest BCUT2D eigenvalue weighted by molar-refractivity contribution is 0.244. The molecule has 0 aliphatic carbocycles. The number of hydrogen-bond acceptors (Lipinski definition) is 4. The Morgan fingerprint density at radius 3 is 2.79 bits per heavy atom. The standard InChI is InChI=1S/C12H22ClN5O/c1-5-18-10(12(13)9(3)15-18)7-17(4)8(2)6-11(14)16-19/h8,19H,5-7H2,1-4H3,(H2,14,16). The van der Waals surface area contributed by atoms with Gasteiger partial charge in [0.2, 0.25) is 0 Å². The van der Waals surface area contributed by atoms with Crippen LogP contribution >= 0.6 is 11.6 Å². The maximum absolute atomic E-state index is 8.59. The van der Waals surface area contributed by atoms with E-state index in [1.54, 1.807) is 0 Å². The predicted molar refractivity (Wildman–Crippen MR) is 76.6 cm³/mol. The Morgan fingerprint density at radius 2 is 2.26 bits per heavy atom. The number of aromatic nitrogens is 2. The Bertz CT molecular complexity index is 457. The Hall–Kier alpha value is -1.27. The van der Waals surface area contributed by atoms with Crippen LogP contribution in [0, 0.1) is 6.92 Å². The minimum absolute atomic E-state index is 0.146. The van der Waals surface area contributed by atoms with E-state index in [9.17, 15) is 0 Å². The number of nitrogens with two attached hydrogens (primary N) is 1. The van der Waals surface area contributed by atoms with E-state index in [2.05, 4.69) is 15.2 Å². The van der Waals surface area contributed by atoms with E-state index in [1.807, 2.05) is 32.5 Å². The summed E-state index contributed by atoms with van der Waals surface area (Å²) in [4.78, 5) is 2.10. The highest BCUT2D eigenvalue weighted by Gasteiger charge is 2.18. The smallest absolute Gasteiger partial charge is 0.140 e. The highest BCUT2D eigenvalue weighted by Crippen LogP contribution is 2.22. The summed E-state index contributed by atoms with van der Waals surface area (Å²) in [6.45, 7) is 7.41. The molecule has 0 saturated carbocycles. The quantitative estimate of drug-likeness (QED) is 0.362. The first-order valence-electron chi connectivity index (χ1n) is 6.29. The highest BCUT2D eigenvalue weighted by atomic mass is 35.5. The molecule has 0 bridgehead atoms. The Morgan fingerprint density at radius 1 is 1.63 bits per heavy atom. The molecule has 19 heavy (non-hydrogen) atoms. The summed E-state index contributed by atoms with van der Waals surface area (Å²) in [6.07, 6.45) is 0.504. The second-order valence-electron chi connectivity index (χ2n) is 4.72. The molecule has 6 nitrogen and oxygen atoms in total. The molecule has 1 heterocycles. The first-order valence-corrected chi connectivity index (χ1v) is 6.66. The fourth-order valence-corrected chi connectivity index (χ4v) is 2.11. The van der Waals surface area contributed by atoms with E-state index in [-0.39, 0.29) is 11.9 Å². The number of halogens is 1. The minimum Gasteiger partial charge on any atom is -0.409 e. The van der Waals surface area contributed by atoms with Crippen LogP contribution in [0.15, 0.2) is 5.16 Å². The van der Waals surface area contributed by atoms with Crippen LogP contribution in [-0.2, 0) is 13.1 Å². The molecule has 1 atom stereocenters. The van der Waals surface area contributed by atoms with Crippen molar-refractivity contribution in [2.75, 3.05) is 7.05 Å². The molecule has 0 saturated heterocycles. The summed E-state index contributed by atoms with van der Waals surface area (Å²) in [5.74, 6) is 0.227. The average Bonchev–Trinajstić information content (AvgIpc) is 2.65. The van der Waals surface area contributed by atoms with Gasteiger partial charge in [-0.15, -0.1) is 0 Å². The largest absolute Gasteiger partial charge is 0.409 e. The first kappa shape index (κ1) is 15.8. The van der Waals surface area contributed by atoms with E-state index in [1.165, 1.54) is 0 Å². The van der Waals surface area contributed by atoms with Crippen LogP contribution in [0.1, 0.15) is 31.7 Å². The van der Waals surface area contributed by atoms with Crippen LogP contribution in [0.2, 0.25) is 5.02 Å². The molecule has 1 aromatic heterocycles. The molecule has 108 valence electrons. The van der Waals surface area contributed by atoms with Crippen LogP contribution in [0.3, 0.4) is 0 Å². The molecule has 0 aromatic carbocycles. The lowest BCUT2D eigenvalue weighted by Crippen LogP contribution is -2.33. The van der Waals surface area contributed by atoms with Crippen LogP contribution in [0.5, 0.6) is 0 Å². The summed E-state index contributed by atoms with van der Waals surface area (Å²) in [5.41, 5.74) is 7.36. The van der Waals surface area contributed by atoms with E-state index in [4.69, 9.17) is 22.5 Å². The zero-order valence-corrected chi connectivity index (χ0v) is 12.6. The predicted octanol–water partition coefficient (Wildman–Crippen LogP) is 1.82. The van der Waals surface area contributed by atoms with Gasteiger partial charge in [0.05, 0.1) is 16.4 Å². The second kappa shape index (κ2) is 6.77. The third kappa shape index (κ3) is 3.84. The van der Waals surface area contributed by atoms with Gasteiger partial charge in [0.1, 0.15) is 5.84 Å². The number of aryl methyl sites for hydroxylation is 2. The van der Waals surface area contributed by atoms with E-state index < -0.39 is 0 Å². The molecule has 1 aromatic rings. The molecule has 0 radical (unpaired) electrons. The zero-order chi connectivity index (χ0) is 14.6. The zero-order valence-electron chi connectivity index (χ0n) is 11.9. The van der Waals surface area contributed by atoms with E-state index in [0.717, 1.165) is 17.9 Å².